The fourth-order valence-electron chi connectivity index (χ4n) is 5.66. The summed E-state index contributed by atoms with van der Waals surface area (Å²) in [6.45, 7) is 3.11. The molecule has 0 unspecified atom stereocenters. The molecule has 1 amide bonds. The summed E-state index contributed by atoms with van der Waals surface area (Å²) in [6.07, 6.45) is 5.74. The molecule has 0 radical (unpaired) electrons. The number of aliphatic hydroxyl groups is 1. The Balaban J connectivity index is 1.47. The standard InChI is InChI=1S/C28H34N6O3/c1-28(16-35)9-8-20(29)15-34(28)27(36)19-11-21-24(23(13-19)37-3)32(2)26(31-21)22-12-18-5-4-10-30-25(18)33(22)14-17-6-7-17/h4-5,10-13,17,20,35H,6-9,14-16,29H2,1-3H3/t20-,28-/m1/s1. The average Bonchev–Trinajstić information content (AvgIpc) is 3.58. The molecule has 1 aliphatic carbocycles. The first-order valence-electron chi connectivity index (χ1n) is 13.0. The van der Waals surface area contributed by atoms with Gasteiger partial charge in [-0.2, -0.15) is 0 Å². The molecule has 1 saturated carbocycles. The van der Waals surface area contributed by atoms with Gasteiger partial charge in [0.05, 0.1) is 30.5 Å². The smallest absolute Gasteiger partial charge is 0.254 e. The van der Waals surface area contributed by atoms with Gasteiger partial charge in [0.1, 0.15) is 16.9 Å². The summed E-state index contributed by atoms with van der Waals surface area (Å²) in [5, 5.41) is 11.2. The normalized spacial score (nSPS) is 22.2. The largest absolute Gasteiger partial charge is 0.494 e. The number of carbonyl (C=O) groups excluding carboxylic acids is 1. The fraction of sp³-hybridized carbons (Fsp3) is 0.464. The molecular weight excluding hydrogens is 468 g/mol. The molecule has 4 heterocycles. The van der Waals surface area contributed by atoms with E-state index >= 15 is 0 Å². The third kappa shape index (κ3) is 3.97. The maximum atomic E-state index is 13.7. The third-order valence-electron chi connectivity index (χ3n) is 8.13. The van der Waals surface area contributed by atoms with Gasteiger partial charge in [-0.3, -0.25) is 4.79 Å². The van der Waals surface area contributed by atoms with Crippen LogP contribution in [0.25, 0.3) is 33.6 Å². The zero-order valence-electron chi connectivity index (χ0n) is 21.6. The molecule has 2 aliphatic rings. The van der Waals surface area contributed by atoms with Crippen LogP contribution in [0.5, 0.6) is 5.75 Å². The third-order valence-corrected chi connectivity index (χ3v) is 8.13. The molecule has 3 N–H and O–H groups in total. The SMILES string of the molecule is COc1cc(C(=O)N2C[C@H](N)CC[C@]2(C)CO)cc2nc(-c3cc4cccnc4n3CC3CC3)n(C)c12. The minimum Gasteiger partial charge on any atom is -0.494 e. The second-order valence-electron chi connectivity index (χ2n) is 10.9. The van der Waals surface area contributed by atoms with Crippen molar-refractivity contribution in [2.24, 2.45) is 18.7 Å². The lowest BCUT2D eigenvalue weighted by molar-refractivity contribution is 0.00866. The van der Waals surface area contributed by atoms with E-state index in [2.05, 4.69) is 21.7 Å². The molecule has 2 fully saturated rings. The minimum absolute atomic E-state index is 0.113. The number of hydrogen-bond acceptors (Lipinski definition) is 6. The predicted molar refractivity (Wildman–Crippen MR) is 142 cm³/mol. The van der Waals surface area contributed by atoms with Crippen LogP contribution in [0.3, 0.4) is 0 Å². The number of nitrogens with two attached hydrogens (primary N) is 1. The van der Waals surface area contributed by atoms with E-state index in [1.54, 1.807) is 18.1 Å². The molecule has 0 bridgehead atoms. The number of pyridine rings is 1. The number of aromatic nitrogens is 4. The highest BCUT2D eigenvalue weighted by Crippen LogP contribution is 2.38. The lowest BCUT2D eigenvalue weighted by Crippen LogP contribution is -2.59. The highest BCUT2D eigenvalue weighted by atomic mass is 16.5. The van der Waals surface area contributed by atoms with Gasteiger partial charge in [-0.15, -0.1) is 0 Å². The Hall–Kier alpha value is -3.43. The van der Waals surface area contributed by atoms with Gasteiger partial charge in [0.2, 0.25) is 0 Å². The van der Waals surface area contributed by atoms with E-state index in [0.717, 1.165) is 41.0 Å². The number of nitrogens with zero attached hydrogens (tertiary/aromatic N) is 5. The average molecular weight is 503 g/mol. The van der Waals surface area contributed by atoms with Gasteiger partial charge in [-0.1, -0.05) is 0 Å². The topological polar surface area (TPSA) is 111 Å². The summed E-state index contributed by atoms with van der Waals surface area (Å²) in [7, 11) is 3.59. The Labute approximate surface area is 215 Å². The predicted octanol–water partition coefficient (Wildman–Crippen LogP) is 3.32. The second kappa shape index (κ2) is 8.85. The fourth-order valence-corrected chi connectivity index (χ4v) is 5.66. The Kier molecular flexibility index (Phi) is 5.72. The first-order chi connectivity index (χ1) is 17.8. The van der Waals surface area contributed by atoms with E-state index in [-0.39, 0.29) is 18.6 Å². The van der Waals surface area contributed by atoms with Gasteiger partial charge in [-0.05, 0) is 68.9 Å². The van der Waals surface area contributed by atoms with E-state index in [9.17, 15) is 9.90 Å². The molecular formula is C28H34N6O3. The first-order valence-corrected chi connectivity index (χ1v) is 13.0. The maximum absolute atomic E-state index is 13.7. The molecule has 194 valence electrons. The summed E-state index contributed by atoms with van der Waals surface area (Å²) in [6, 6.07) is 9.67. The highest BCUT2D eigenvalue weighted by Gasteiger charge is 2.40. The highest BCUT2D eigenvalue weighted by molar-refractivity contribution is 6.00. The number of ether oxygens (including phenoxy) is 1. The van der Waals surface area contributed by atoms with E-state index in [1.165, 1.54) is 12.8 Å². The van der Waals surface area contributed by atoms with Crippen molar-refractivity contribution in [3.05, 3.63) is 42.1 Å². The number of likely N-dealkylation sites (tertiary alicyclic amines) is 1. The van der Waals surface area contributed by atoms with Crippen LogP contribution < -0.4 is 10.5 Å². The Bertz CT molecular complexity index is 1500. The molecule has 2 atom stereocenters. The lowest BCUT2D eigenvalue weighted by atomic mass is 9.86. The molecule has 4 aromatic rings. The van der Waals surface area contributed by atoms with Crippen molar-refractivity contribution in [3.8, 4) is 17.3 Å². The van der Waals surface area contributed by atoms with Crippen molar-refractivity contribution < 1.29 is 14.6 Å². The number of carbonyl (C=O) groups is 1. The number of imidazole rings is 1. The van der Waals surface area contributed by atoms with Crippen LogP contribution in [-0.4, -0.2) is 66.9 Å². The van der Waals surface area contributed by atoms with Crippen LogP contribution in [0.15, 0.2) is 36.5 Å². The van der Waals surface area contributed by atoms with Crippen LogP contribution in [0.1, 0.15) is 43.0 Å². The van der Waals surface area contributed by atoms with Crippen LogP contribution in [0.4, 0.5) is 0 Å². The summed E-state index contributed by atoms with van der Waals surface area (Å²) in [5.74, 6) is 1.88. The molecule has 1 aromatic carbocycles. The first kappa shape index (κ1) is 23.9. The van der Waals surface area contributed by atoms with Crippen molar-refractivity contribution >= 4 is 28.0 Å². The number of benzene rings is 1. The van der Waals surface area contributed by atoms with E-state index in [0.29, 0.717) is 35.7 Å². The summed E-state index contributed by atoms with van der Waals surface area (Å²) in [4.78, 5) is 25.1. The quantitative estimate of drug-likeness (QED) is 0.418. The number of hydrogen-bond donors (Lipinski definition) is 2. The van der Waals surface area contributed by atoms with Crippen LogP contribution in [-0.2, 0) is 13.6 Å². The Morgan fingerprint density at radius 3 is 2.81 bits per heavy atom. The number of aliphatic hydroxyl groups excluding tert-OH is 1. The monoisotopic (exact) mass is 502 g/mol. The summed E-state index contributed by atoms with van der Waals surface area (Å²) < 4.78 is 10.1. The number of piperidine rings is 1. The summed E-state index contributed by atoms with van der Waals surface area (Å²) in [5.41, 5.74) is 9.51. The zero-order valence-corrected chi connectivity index (χ0v) is 21.6. The van der Waals surface area contributed by atoms with Crippen molar-refractivity contribution in [1.82, 2.24) is 24.0 Å². The molecule has 1 saturated heterocycles. The number of aryl methyl sites for hydroxylation is 1. The Morgan fingerprint density at radius 2 is 2.08 bits per heavy atom. The molecule has 6 rings (SSSR count). The van der Waals surface area contributed by atoms with Crippen molar-refractivity contribution in [1.29, 1.82) is 0 Å². The number of rotatable bonds is 6. The van der Waals surface area contributed by atoms with Gasteiger partial charge in [-0.25, -0.2) is 9.97 Å². The van der Waals surface area contributed by atoms with Crippen LogP contribution in [0, 0.1) is 5.92 Å². The minimum atomic E-state index is -0.652. The van der Waals surface area contributed by atoms with E-state index in [4.69, 9.17) is 15.5 Å². The van der Waals surface area contributed by atoms with Crippen molar-refractivity contribution in [3.63, 3.8) is 0 Å². The van der Waals surface area contributed by atoms with E-state index < -0.39 is 5.54 Å². The second-order valence-corrected chi connectivity index (χ2v) is 10.9. The number of fused-ring (bicyclic) bond motifs is 2. The molecule has 9 nitrogen and oxygen atoms in total. The molecule has 37 heavy (non-hydrogen) atoms. The van der Waals surface area contributed by atoms with Gasteiger partial charge < -0.3 is 29.6 Å². The summed E-state index contributed by atoms with van der Waals surface area (Å²) >= 11 is 0. The lowest BCUT2D eigenvalue weighted by Gasteiger charge is -2.46. The van der Waals surface area contributed by atoms with Gasteiger partial charge >= 0.3 is 0 Å². The van der Waals surface area contributed by atoms with E-state index in [1.807, 2.05) is 36.9 Å². The Morgan fingerprint density at radius 1 is 1.27 bits per heavy atom. The molecule has 1 aliphatic heterocycles. The maximum Gasteiger partial charge on any atom is 0.254 e. The van der Waals surface area contributed by atoms with Crippen molar-refractivity contribution in [2.45, 2.75) is 50.7 Å². The van der Waals surface area contributed by atoms with Crippen LogP contribution in [0.2, 0.25) is 0 Å². The molecule has 0 spiro atoms. The van der Waals surface area contributed by atoms with Gasteiger partial charge in [0.25, 0.3) is 5.91 Å². The van der Waals surface area contributed by atoms with Gasteiger partial charge in [0.15, 0.2) is 5.82 Å². The van der Waals surface area contributed by atoms with Gasteiger partial charge in [0, 0.05) is 43.3 Å². The number of methoxy groups -OCH3 is 1. The zero-order chi connectivity index (χ0) is 25.9. The molecule has 9 heteroatoms. The number of amides is 1. The molecule has 3 aromatic heterocycles. The van der Waals surface area contributed by atoms with Crippen LogP contribution >= 0.6 is 0 Å². The van der Waals surface area contributed by atoms with Crippen molar-refractivity contribution in [2.75, 3.05) is 20.3 Å².